The minimum atomic E-state index is -4.10. The lowest BCUT2D eigenvalue weighted by molar-refractivity contribution is -0.139. The minimum absolute atomic E-state index is 0.0386. The number of halogens is 1. The fourth-order valence-electron chi connectivity index (χ4n) is 3.45. The predicted molar refractivity (Wildman–Crippen MR) is 133 cm³/mol. The second-order valence-electron chi connectivity index (χ2n) is 7.60. The molecule has 1 unspecified atom stereocenters. The van der Waals surface area contributed by atoms with Crippen LogP contribution in [0.1, 0.15) is 12.5 Å². The second-order valence-corrected chi connectivity index (χ2v) is 9.90. The second kappa shape index (κ2) is 11.2. The maximum absolute atomic E-state index is 13.6. The molecule has 0 radical (unpaired) electrons. The molecular weight excluding hydrogens is 474 g/mol. The van der Waals surface area contributed by atoms with E-state index in [1.807, 2.05) is 30.3 Å². The molecular formula is C25H26ClN3O4S. The molecule has 0 fully saturated rings. The van der Waals surface area contributed by atoms with Gasteiger partial charge in [0.05, 0.1) is 10.6 Å². The third-order valence-electron chi connectivity index (χ3n) is 5.32. The molecule has 0 saturated heterocycles. The van der Waals surface area contributed by atoms with Crippen LogP contribution in [0.3, 0.4) is 0 Å². The summed E-state index contributed by atoms with van der Waals surface area (Å²) < 4.78 is 28.1. The number of hydrogen-bond donors (Lipinski definition) is 1. The Kier molecular flexibility index (Phi) is 8.31. The summed E-state index contributed by atoms with van der Waals surface area (Å²) in [5.74, 6) is -0.885. The van der Waals surface area contributed by atoms with Gasteiger partial charge in [0.15, 0.2) is 0 Å². The van der Waals surface area contributed by atoms with Crippen LogP contribution >= 0.6 is 11.6 Å². The lowest BCUT2D eigenvalue weighted by Gasteiger charge is -2.31. The van der Waals surface area contributed by atoms with E-state index in [0.717, 1.165) is 9.87 Å². The Morgan fingerprint density at radius 2 is 1.56 bits per heavy atom. The Morgan fingerprint density at radius 3 is 2.15 bits per heavy atom. The number of amides is 2. The van der Waals surface area contributed by atoms with Gasteiger partial charge in [-0.15, -0.1) is 0 Å². The van der Waals surface area contributed by atoms with Crippen LogP contribution in [0.25, 0.3) is 0 Å². The monoisotopic (exact) mass is 499 g/mol. The van der Waals surface area contributed by atoms with Crippen molar-refractivity contribution in [1.82, 2.24) is 10.2 Å². The highest BCUT2D eigenvalue weighted by molar-refractivity contribution is 7.92. The average Bonchev–Trinajstić information content (AvgIpc) is 2.85. The molecule has 9 heteroatoms. The van der Waals surface area contributed by atoms with Gasteiger partial charge in [0.2, 0.25) is 11.8 Å². The number of nitrogens with zero attached hydrogens (tertiary/aromatic N) is 2. The first-order valence-corrected chi connectivity index (χ1v) is 12.4. The summed E-state index contributed by atoms with van der Waals surface area (Å²) in [6, 6.07) is 22.5. The first-order valence-electron chi connectivity index (χ1n) is 10.6. The van der Waals surface area contributed by atoms with Gasteiger partial charge in [-0.05, 0) is 42.8 Å². The molecule has 0 bridgehead atoms. The van der Waals surface area contributed by atoms with Gasteiger partial charge in [-0.2, -0.15) is 0 Å². The summed E-state index contributed by atoms with van der Waals surface area (Å²) in [6.45, 7) is 1.24. The summed E-state index contributed by atoms with van der Waals surface area (Å²) in [6.07, 6.45) is 0. The normalized spacial score (nSPS) is 12.0. The zero-order chi connectivity index (χ0) is 24.7. The molecule has 0 aliphatic heterocycles. The Bertz CT molecular complexity index is 1240. The molecule has 2 amide bonds. The van der Waals surface area contributed by atoms with E-state index in [9.17, 15) is 18.0 Å². The molecule has 0 spiro atoms. The maximum atomic E-state index is 13.6. The molecule has 7 nitrogen and oxygen atoms in total. The van der Waals surface area contributed by atoms with Crippen molar-refractivity contribution in [3.8, 4) is 0 Å². The number of hydrogen-bond acceptors (Lipinski definition) is 4. The van der Waals surface area contributed by atoms with Crippen molar-refractivity contribution in [3.05, 3.63) is 95.5 Å². The number of anilines is 1. The number of benzene rings is 3. The fourth-order valence-corrected chi connectivity index (χ4v) is 5.06. The molecule has 0 aromatic heterocycles. The molecule has 3 rings (SSSR count). The van der Waals surface area contributed by atoms with Crippen LogP contribution in [0, 0.1) is 0 Å². The van der Waals surface area contributed by atoms with Crippen molar-refractivity contribution in [2.24, 2.45) is 0 Å². The summed E-state index contributed by atoms with van der Waals surface area (Å²) in [4.78, 5) is 27.4. The van der Waals surface area contributed by atoms with Gasteiger partial charge < -0.3 is 10.2 Å². The number of carbonyl (C=O) groups is 2. The van der Waals surface area contributed by atoms with E-state index in [2.05, 4.69) is 5.32 Å². The van der Waals surface area contributed by atoms with Crippen molar-refractivity contribution in [2.75, 3.05) is 17.9 Å². The third-order valence-corrected chi connectivity index (χ3v) is 7.34. The Morgan fingerprint density at radius 1 is 0.941 bits per heavy atom. The fraction of sp³-hybridized carbons (Fsp3) is 0.200. The van der Waals surface area contributed by atoms with Gasteiger partial charge in [-0.25, -0.2) is 8.42 Å². The van der Waals surface area contributed by atoms with Gasteiger partial charge in [0, 0.05) is 18.6 Å². The molecule has 0 heterocycles. The standard InChI is InChI=1S/C25H26ClN3O4S/c1-19(25(31)27-2)28(17-20-10-5-3-6-11-20)24(30)18-29(22-13-9-12-21(26)16-22)34(32,33)23-14-7-4-8-15-23/h3-16,19H,17-18H2,1-2H3,(H,27,31). The highest BCUT2D eigenvalue weighted by atomic mass is 35.5. The van der Waals surface area contributed by atoms with Crippen molar-refractivity contribution >= 4 is 39.1 Å². The first-order chi connectivity index (χ1) is 16.2. The van der Waals surface area contributed by atoms with Gasteiger partial charge in [0.1, 0.15) is 12.6 Å². The van der Waals surface area contributed by atoms with E-state index >= 15 is 0 Å². The molecule has 34 heavy (non-hydrogen) atoms. The van der Waals surface area contributed by atoms with Crippen LogP contribution in [0.5, 0.6) is 0 Å². The van der Waals surface area contributed by atoms with E-state index in [4.69, 9.17) is 11.6 Å². The van der Waals surface area contributed by atoms with Crippen molar-refractivity contribution in [2.45, 2.75) is 24.4 Å². The zero-order valence-electron chi connectivity index (χ0n) is 18.9. The van der Waals surface area contributed by atoms with Crippen molar-refractivity contribution in [1.29, 1.82) is 0 Å². The molecule has 3 aromatic rings. The lowest BCUT2D eigenvalue weighted by atomic mass is 10.1. The molecule has 0 saturated carbocycles. The lowest BCUT2D eigenvalue weighted by Crippen LogP contribution is -2.50. The summed E-state index contributed by atoms with van der Waals surface area (Å²) >= 11 is 6.13. The van der Waals surface area contributed by atoms with Crippen LogP contribution in [-0.2, 0) is 26.2 Å². The van der Waals surface area contributed by atoms with Crippen LogP contribution in [0.15, 0.2) is 89.8 Å². The van der Waals surface area contributed by atoms with Crippen LogP contribution < -0.4 is 9.62 Å². The Labute approximate surface area is 205 Å². The Balaban J connectivity index is 2.01. The van der Waals surface area contributed by atoms with Gasteiger partial charge in [0.25, 0.3) is 10.0 Å². The number of likely N-dealkylation sites (N-methyl/N-ethyl adjacent to an activating group) is 1. The Hall–Kier alpha value is -3.36. The molecule has 1 N–H and O–H groups in total. The predicted octanol–water partition coefficient (Wildman–Crippen LogP) is 3.70. The molecule has 1 atom stereocenters. The third kappa shape index (κ3) is 5.95. The quantitative estimate of drug-likeness (QED) is 0.486. The van der Waals surface area contributed by atoms with E-state index in [0.29, 0.717) is 5.02 Å². The zero-order valence-corrected chi connectivity index (χ0v) is 20.5. The van der Waals surface area contributed by atoms with E-state index in [1.165, 1.54) is 30.1 Å². The highest BCUT2D eigenvalue weighted by Gasteiger charge is 2.32. The minimum Gasteiger partial charge on any atom is -0.357 e. The summed E-state index contributed by atoms with van der Waals surface area (Å²) in [5, 5.41) is 2.88. The SMILES string of the molecule is CNC(=O)C(C)N(Cc1ccccc1)C(=O)CN(c1cccc(Cl)c1)S(=O)(=O)c1ccccc1. The molecule has 178 valence electrons. The van der Waals surface area contributed by atoms with E-state index in [-0.39, 0.29) is 23.0 Å². The van der Waals surface area contributed by atoms with Crippen molar-refractivity contribution in [3.63, 3.8) is 0 Å². The van der Waals surface area contributed by atoms with Crippen LogP contribution in [0.4, 0.5) is 5.69 Å². The average molecular weight is 500 g/mol. The van der Waals surface area contributed by atoms with Gasteiger partial charge in [-0.3, -0.25) is 13.9 Å². The number of rotatable bonds is 9. The largest absolute Gasteiger partial charge is 0.357 e. The maximum Gasteiger partial charge on any atom is 0.264 e. The van der Waals surface area contributed by atoms with Gasteiger partial charge in [-0.1, -0.05) is 66.2 Å². The topological polar surface area (TPSA) is 86.8 Å². The first kappa shape index (κ1) is 25.3. The number of carbonyl (C=O) groups excluding carboxylic acids is 2. The summed E-state index contributed by atoms with van der Waals surface area (Å²) in [7, 11) is -2.61. The number of nitrogens with one attached hydrogen (secondary N) is 1. The summed E-state index contributed by atoms with van der Waals surface area (Å²) in [5.41, 5.74) is 1.06. The smallest absolute Gasteiger partial charge is 0.264 e. The van der Waals surface area contributed by atoms with E-state index < -0.39 is 28.5 Å². The number of sulfonamides is 1. The molecule has 3 aromatic carbocycles. The van der Waals surface area contributed by atoms with Gasteiger partial charge >= 0.3 is 0 Å². The molecule has 0 aliphatic rings. The highest BCUT2D eigenvalue weighted by Crippen LogP contribution is 2.26. The van der Waals surface area contributed by atoms with Crippen LogP contribution in [-0.4, -0.2) is 44.8 Å². The van der Waals surface area contributed by atoms with E-state index in [1.54, 1.807) is 43.3 Å². The van der Waals surface area contributed by atoms with Crippen LogP contribution in [0.2, 0.25) is 5.02 Å². The van der Waals surface area contributed by atoms with Crippen molar-refractivity contribution < 1.29 is 18.0 Å². The molecule has 0 aliphatic carbocycles.